The number of anilines is 1. The number of hydrogen-bond acceptors (Lipinski definition) is 3. The van der Waals surface area contributed by atoms with Crippen LogP contribution in [0.1, 0.15) is 37.1 Å². The number of aromatic nitrogens is 2. The first-order chi connectivity index (χ1) is 15.6. The van der Waals surface area contributed by atoms with E-state index in [0.717, 1.165) is 36.9 Å². The quantitative estimate of drug-likeness (QED) is 0.249. The Morgan fingerprint density at radius 3 is 2.58 bits per heavy atom. The zero-order valence-corrected chi connectivity index (χ0v) is 21.5. The number of benzene rings is 2. The van der Waals surface area contributed by atoms with E-state index in [4.69, 9.17) is 0 Å². The van der Waals surface area contributed by atoms with E-state index in [1.807, 2.05) is 12.3 Å². The van der Waals surface area contributed by atoms with Crippen LogP contribution in [-0.4, -0.2) is 42.4 Å². The molecule has 2 aromatic carbocycles. The fraction of sp³-hybridized carbons (Fsp3) is 0.360. The lowest BCUT2D eigenvalue weighted by Crippen LogP contribution is -2.39. The minimum absolute atomic E-state index is 0. The largest absolute Gasteiger partial charge is 0.372 e. The molecule has 1 aromatic heterocycles. The van der Waals surface area contributed by atoms with Gasteiger partial charge in [-0.2, -0.15) is 5.10 Å². The molecule has 1 saturated heterocycles. The molecule has 1 unspecified atom stereocenters. The molecule has 1 atom stereocenters. The van der Waals surface area contributed by atoms with Gasteiger partial charge >= 0.3 is 0 Å². The van der Waals surface area contributed by atoms with E-state index < -0.39 is 0 Å². The molecule has 3 aromatic rings. The summed E-state index contributed by atoms with van der Waals surface area (Å²) < 4.78 is 14.9. The molecule has 0 aliphatic carbocycles. The number of nitrogens with zero attached hydrogens (tertiary/aromatic N) is 4. The number of hydrogen-bond donors (Lipinski definition) is 2. The van der Waals surface area contributed by atoms with Crippen molar-refractivity contribution < 1.29 is 4.39 Å². The molecule has 1 fully saturated rings. The summed E-state index contributed by atoms with van der Waals surface area (Å²) in [5.74, 6) is 0.517. The average molecular weight is 562 g/mol. The van der Waals surface area contributed by atoms with Gasteiger partial charge in [0.05, 0.1) is 17.4 Å². The molecule has 6 nitrogen and oxygen atoms in total. The van der Waals surface area contributed by atoms with Gasteiger partial charge in [-0.3, -0.25) is 4.99 Å². The minimum Gasteiger partial charge on any atom is -0.372 e. The molecular formula is C25H32FIN6. The lowest BCUT2D eigenvalue weighted by atomic mass is 10.1. The molecule has 0 saturated carbocycles. The van der Waals surface area contributed by atoms with E-state index in [9.17, 15) is 4.39 Å². The van der Waals surface area contributed by atoms with Gasteiger partial charge in [0.25, 0.3) is 0 Å². The van der Waals surface area contributed by atoms with E-state index >= 15 is 0 Å². The van der Waals surface area contributed by atoms with Crippen LogP contribution in [0.3, 0.4) is 0 Å². The van der Waals surface area contributed by atoms with Gasteiger partial charge in [0.1, 0.15) is 5.82 Å². The van der Waals surface area contributed by atoms with Crippen LogP contribution in [0.4, 0.5) is 10.1 Å². The van der Waals surface area contributed by atoms with Gasteiger partial charge in [-0.1, -0.05) is 12.1 Å². The highest BCUT2D eigenvalue weighted by molar-refractivity contribution is 14.0. The smallest absolute Gasteiger partial charge is 0.191 e. The standard InChI is InChI=1S/C25H31FN6.HI/c1-19(20-6-5-7-24(18-20)31-15-3-4-16-31)29-25(27-2)28-14-12-22-13-17-32(30-22)23-10-8-21(26)9-11-23;/h5-11,13,17-19H,3-4,12,14-16H2,1-2H3,(H2,27,28,29);1H. The predicted octanol–water partition coefficient (Wildman–Crippen LogP) is 4.70. The molecular weight excluding hydrogens is 530 g/mol. The maximum atomic E-state index is 13.1. The van der Waals surface area contributed by atoms with E-state index in [0.29, 0.717) is 6.54 Å². The van der Waals surface area contributed by atoms with Crippen molar-refractivity contribution in [1.82, 2.24) is 20.4 Å². The fourth-order valence-electron chi connectivity index (χ4n) is 3.99. The van der Waals surface area contributed by atoms with Crippen LogP contribution in [0.5, 0.6) is 0 Å². The van der Waals surface area contributed by atoms with Gasteiger partial charge in [0, 0.05) is 45.0 Å². The summed E-state index contributed by atoms with van der Waals surface area (Å²) in [6.45, 7) is 5.15. The molecule has 2 N–H and O–H groups in total. The number of aliphatic imine (C=N–C) groups is 1. The summed E-state index contributed by atoms with van der Waals surface area (Å²) >= 11 is 0. The number of rotatable bonds is 7. The van der Waals surface area contributed by atoms with Gasteiger partial charge in [0.2, 0.25) is 0 Å². The SMILES string of the molecule is CN=C(NCCc1ccn(-c2ccc(F)cc2)n1)NC(C)c1cccc(N2CCCC2)c1.I. The summed E-state index contributed by atoms with van der Waals surface area (Å²) in [6.07, 6.45) is 5.20. The first kappa shape index (κ1) is 25.0. The maximum Gasteiger partial charge on any atom is 0.191 e. The van der Waals surface area contributed by atoms with Gasteiger partial charge in [-0.25, -0.2) is 9.07 Å². The number of guanidine groups is 1. The third kappa shape index (κ3) is 6.69. The summed E-state index contributed by atoms with van der Waals surface area (Å²) in [6, 6.07) is 17.2. The lowest BCUT2D eigenvalue weighted by Gasteiger charge is -2.22. The third-order valence-corrected chi connectivity index (χ3v) is 5.83. The maximum absolute atomic E-state index is 13.1. The molecule has 8 heteroatoms. The molecule has 1 aliphatic rings. The van der Waals surface area contributed by atoms with Gasteiger partial charge in [-0.05, 0) is 67.8 Å². The molecule has 0 amide bonds. The highest BCUT2D eigenvalue weighted by atomic mass is 127. The van der Waals surface area contributed by atoms with Crippen molar-refractivity contribution in [2.75, 3.05) is 31.6 Å². The first-order valence-electron chi connectivity index (χ1n) is 11.2. The van der Waals surface area contributed by atoms with Crippen LogP contribution < -0.4 is 15.5 Å². The Morgan fingerprint density at radius 1 is 1.09 bits per heavy atom. The minimum atomic E-state index is -0.249. The number of nitrogens with one attached hydrogen (secondary N) is 2. The second-order valence-electron chi connectivity index (χ2n) is 8.13. The Kier molecular flexibility index (Phi) is 9.11. The van der Waals surface area contributed by atoms with E-state index in [1.165, 1.54) is 36.2 Å². The monoisotopic (exact) mass is 562 g/mol. The van der Waals surface area contributed by atoms with Crippen molar-refractivity contribution in [1.29, 1.82) is 0 Å². The van der Waals surface area contributed by atoms with Crippen LogP contribution in [0.15, 0.2) is 65.8 Å². The molecule has 176 valence electrons. The second-order valence-corrected chi connectivity index (χ2v) is 8.13. The number of halogens is 2. The van der Waals surface area contributed by atoms with Gasteiger partial charge < -0.3 is 15.5 Å². The van der Waals surface area contributed by atoms with Crippen LogP contribution >= 0.6 is 24.0 Å². The summed E-state index contributed by atoms with van der Waals surface area (Å²) in [5, 5.41) is 11.4. The molecule has 0 bridgehead atoms. The summed E-state index contributed by atoms with van der Waals surface area (Å²) in [7, 11) is 1.78. The highest BCUT2D eigenvalue weighted by Gasteiger charge is 2.14. The molecule has 1 aliphatic heterocycles. The molecule has 4 rings (SSSR count). The van der Waals surface area contributed by atoms with Crippen molar-refractivity contribution >= 4 is 35.6 Å². The first-order valence-corrected chi connectivity index (χ1v) is 11.2. The van der Waals surface area contributed by atoms with Crippen molar-refractivity contribution in [2.24, 2.45) is 4.99 Å². The molecule has 33 heavy (non-hydrogen) atoms. The molecule has 0 spiro atoms. The van der Waals surface area contributed by atoms with Gasteiger partial charge in [0.15, 0.2) is 5.96 Å². The fourth-order valence-corrected chi connectivity index (χ4v) is 3.99. The second kappa shape index (κ2) is 12.0. The Hall–Kier alpha value is -2.62. The summed E-state index contributed by atoms with van der Waals surface area (Å²) in [5.41, 5.74) is 4.35. The van der Waals surface area contributed by atoms with Gasteiger partial charge in [-0.15, -0.1) is 24.0 Å². The third-order valence-electron chi connectivity index (χ3n) is 5.83. The van der Waals surface area contributed by atoms with E-state index in [-0.39, 0.29) is 35.8 Å². The Morgan fingerprint density at radius 2 is 1.85 bits per heavy atom. The van der Waals surface area contributed by atoms with Crippen LogP contribution in [0.25, 0.3) is 5.69 Å². The van der Waals surface area contributed by atoms with Crippen LogP contribution in [0, 0.1) is 5.82 Å². The Bertz CT molecular complexity index is 1040. The average Bonchev–Trinajstić information content (AvgIpc) is 3.52. The molecule has 2 heterocycles. The van der Waals surface area contributed by atoms with Crippen LogP contribution in [-0.2, 0) is 6.42 Å². The normalized spacial score (nSPS) is 14.6. The predicted molar refractivity (Wildman–Crippen MR) is 143 cm³/mol. The van der Waals surface area contributed by atoms with E-state index in [2.05, 4.69) is 56.8 Å². The van der Waals surface area contributed by atoms with Crippen molar-refractivity contribution in [3.63, 3.8) is 0 Å². The van der Waals surface area contributed by atoms with Crippen molar-refractivity contribution in [2.45, 2.75) is 32.2 Å². The van der Waals surface area contributed by atoms with Crippen LogP contribution in [0.2, 0.25) is 0 Å². The van der Waals surface area contributed by atoms with E-state index in [1.54, 1.807) is 23.9 Å². The lowest BCUT2D eigenvalue weighted by molar-refractivity contribution is 0.627. The zero-order chi connectivity index (χ0) is 22.3. The Balaban J connectivity index is 0.00000306. The zero-order valence-electron chi connectivity index (χ0n) is 19.2. The highest BCUT2D eigenvalue weighted by Crippen LogP contribution is 2.24. The summed E-state index contributed by atoms with van der Waals surface area (Å²) in [4.78, 5) is 6.82. The Labute approximate surface area is 212 Å². The topological polar surface area (TPSA) is 57.5 Å². The van der Waals surface area contributed by atoms with Crippen molar-refractivity contribution in [3.05, 3.63) is 77.9 Å². The van der Waals surface area contributed by atoms with Crippen molar-refractivity contribution in [3.8, 4) is 5.69 Å². The molecule has 0 radical (unpaired) electrons.